The first kappa shape index (κ1) is 13.5. The van der Waals surface area contributed by atoms with Gasteiger partial charge in [0.25, 0.3) is 10.0 Å². The second-order valence-corrected chi connectivity index (χ2v) is 9.05. The molecule has 0 bridgehead atoms. The van der Waals surface area contributed by atoms with E-state index in [0.29, 0.717) is 24.0 Å². The quantitative estimate of drug-likeness (QED) is 0.830. The molecule has 0 N–H and O–H groups in total. The number of morpholine rings is 1. The van der Waals surface area contributed by atoms with Crippen LogP contribution in [0.25, 0.3) is 0 Å². The Morgan fingerprint density at radius 2 is 2.18 bits per heavy atom. The number of ether oxygens (including phenoxy) is 1. The summed E-state index contributed by atoms with van der Waals surface area (Å²) in [4.78, 5) is 0. The van der Waals surface area contributed by atoms with E-state index in [1.54, 1.807) is 12.1 Å². The Morgan fingerprint density at radius 3 is 2.71 bits per heavy atom. The molecule has 0 unspecified atom stereocenters. The van der Waals surface area contributed by atoms with Gasteiger partial charge in [-0.3, -0.25) is 0 Å². The first-order valence-corrected chi connectivity index (χ1v) is 8.25. The van der Waals surface area contributed by atoms with Gasteiger partial charge in [-0.05, 0) is 41.9 Å². The van der Waals surface area contributed by atoms with Crippen LogP contribution in [0.5, 0.6) is 0 Å². The van der Waals surface area contributed by atoms with Crippen molar-refractivity contribution in [2.24, 2.45) is 0 Å². The number of hydrogen-bond acceptors (Lipinski definition) is 4. The lowest BCUT2D eigenvalue weighted by atomic mass is 10.1. The molecule has 96 valence electrons. The number of hydrogen-bond donors (Lipinski definition) is 0. The third kappa shape index (κ3) is 2.58. The molecule has 1 aliphatic heterocycles. The summed E-state index contributed by atoms with van der Waals surface area (Å²) in [6.45, 7) is 5.05. The molecule has 0 aromatic carbocycles. The van der Waals surface area contributed by atoms with Crippen molar-refractivity contribution < 1.29 is 13.2 Å². The summed E-state index contributed by atoms with van der Waals surface area (Å²) in [5, 5.41) is 0. The van der Waals surface area contributed by atoms with Crippen molar-refractivity contribution in [1.82, 2.24) is 4.31 Å². The van der Waals surface area contributed by atoms with Gasteiger partial charge in [-0.1, -0.05) is 0 Å². The first-order valence-electron chi connectivity index (χ1n) is 5.20. The van der Waals surface area contributed by atoms with Crippen LogP contribution in [0, 0.1) is 0 Å². The first-order chi connectivity index (χ1) is 7.84. The van der Waals surface area contributed by atoms with Crippen LogP contribution >= 0.6 is 27.3 Å². The van der Waals surface area contributed by atoms with Crippen LogP contribution in [-0.4, -0.2) is 38.0 Å². The minimum atomic E-state index is -3.41. The number of nitrogens with zero attached hydrogens (tertiary/aromatic N) is 1. The lowest BCUT2D eigenvalue weighted by molar-refractivity contribution is -0.00761. The van der Waals surface area contributed by atoms with Gasteiger partial charge in [-0.2, -0.15) is 4.31 Å². The Labute approximate surface area is 114 Å². The molecule has 4 nitrogen and oxygen atoms in total. The second kappa shape index (κ2) is 4.62. The summed E-state index contributed by atoms with van der Waals surface area (Å²) in [6.07, 6.45) is 0. The molecule has 17 heavy (non-hydrogen) atoms. The van der Waals surface area contributed by atoms with Gasteiger partial charge >= 0.3 is 0 Å². The Kier molecular flexibility index (Phi) is 3.66. The SMILES string of the molecule is CC1(C)COCCN1S(=O)(=O)c1ccc(Br)s1. The van der Waals surface area contributed by atoms with Crippen molar-refractivity contribution in [2.75, 3.05) is 19.8 Å². The maximum absolute atomic E-state index is 12.5. The number of thiophene rings is 1. The molecular weight excluding hydrogens is 326 g/mol. The van der Waals surface area contributed by atoms with E-state index in [-0.39, 0.29) is 0 Å². The van der Waals surface area contributed by atoms with Crippen LogP contribution < -0.4 is 0 Å². The Balaban J connectivity index is 2.38. The van der Waals surface area contributed by atoms with Crippen LogP contribution in [0.1, 0.15) is 13.8 Å². The van der Waals surface area contributed by atoms with Crippen LogP contribution in [0.15, 0.2) is 20.1 Å². The Morgan fingerprint density at radius 1 is 1.47 bits per heavy atom. The molecule has 1 fully saturated rings. The third-order valence-electron chi connectivity index (χ3n) is 2.66. The smallest absolute Gasteiger partial charge is 0.253 e. The largest absolute Gasteiger partial charge is 0.378 e. The minimum absolute atomic E-state index is 0.374. The minimum Gasteiger partial charge on any atom is -0.378 e. The van der Waals surface area contributed by atoms with E-state index < -0.39 is 15.6 Å². The van der Waals surface area contributed by atoms with E-state index in [1.165, 1.54) is 15.6 Å². The highest BCUT2D eigenvalue weighted by molar-refractivity contribution is 9.11. The Bertz CT molecular complexity index is 509. The van der Waals surface area contributed by atoms with Crippen molar-refractivity contribution in [3.05, 3.63) is 15.9 Å². The van der Waals surface area contributed by atoms with E-state index in [0.717, 1.165) is 3.79 Å². The molecule has 1 aromatic heterocycles. The third-order valence-corrected chi connectivity index (χ3v) is 6.86. The van der Waals surface area contributed by atoms with Gasteiger partial charge in [0.15, 0.2) is 0 Å². The summed E-state index contributed by atoms with van der Waals surface area (Å²) in [5.74, 6) is 0. The monoisotopic (exact) mass is 339 g/mol. The topological polar surface area (TPSA) is 46.6 Å². The van der Waals surface area contributed by atoms with Gasteiger partial charge in [0.2, 0.25) is 0 Å². The maximum Gasteiger partial charge on any atom is 0.253 e. The molecule has 2 heterocycles. The average Bonchev–Trinajstić information content (AvgIpc) is 2.64. The molecule has 0 spiro atoms. The van der Waals surface area contributed by atoms with Gasteiger partial charge in [-0.25, -0.2) is 8.42 Å². The van der Waals surface area contributed by atoms with Crippen LogP contribution in [0.3, 0.4) is 0 Å². The van der Waals surface area contributed by atoms with Crippen molar-refractivity contribution in [2.45, 2.75) is 23.6 Å². The summed E-state index contributed by atoms with van der Waals surface area (Å²) in [7, 11) is -3.41. The molecular formula is C10H14BrNO3S2. The number of sulfonamides is 1. The highest BCUT2D eigenvalue weighted by Gasteiger charge is 2.40. The molecule has 1 aliphatic rings. The van der Waals surface area contributed by atoms with E-state index in [2.05, 4.69) is 15.9 Å². The number of rotatable bonds is 2. The molecule has 0 amide bonds. The molecule has 1 aromatic rings. The van der Waals surface area contributed by atoms with Crippen molar-refractivity contribution in [1.29, 1.82) is 0 Å². The van der Waals surface area contributed by atoms with Gasteiger partial charge in [0.05, 0.1) is 22.5 Å². The maximum atomic E-state index is 12.5. The normalized spacial score (nSPS) is 21.6. The molecule has 0 atom stereocenters. The zero-order chi connectivity index (χ0) is 12.7. The molecule has 0 saturated carbocycles. The fraction of sp³-hybridized carbons (Fsp3) is 0.600. The van der Waals surface area contributed by atoms with Crippen molar-refractivity contribution in [3.63, 3.8) is 0 Å². The zero-order valence-corrected chi connectivity index (χ0v) is 12.9. The molecule has 0 aliphatic carbocycles. The zero-order valence-electron chi connectivity index (χ0n) is 9.64. The fourth-order valence-corrected chi connectivity index (χ4v) is 5.71. The summed E-state index contributed by atoms with van der Waals surface area (Å²) in [5.41, 5.74) is -0.493. The van der Waals surface area contributed by atoms with Gasteiger partial charge < -0.3 is 4.74 Å². The van der Waals surface area contributed by atoms with Crippen molar-refractivity contribution in [3.8, 4) is 0 Å². The summed E-state index contributed by atoms with van der Waals surface area (Å²) in [6, 6.07) is 3.39. The fourth-order valence-electron chi connectivity index (χ4n) is 1.83. The van der Waals surface area contributed by atoms with E-state index >= 15 is 0 Å². The summed E-state index contributed by atoms with van der Waals surface area (Å²) >= 11 is 4.52. The predicted molar refractivity (Wildman–Crippen MR) is 70.8 cm³/mol. The molecule has 2 rings (SSSR count). The molecule has 0 radical (unpaired) electrons. The highest BCUT2D eigenvalue weighted by atomic mass is 79.9. The van der Waals surface area contributed by atoms with Crippen LogP contribution in [0.4, 0.5) is 0 Å². The van der Waals surface area contributed by atoms with E-state index in [4.69, 9.17) is 4.74 Å². The summed E-state index contributed by atoms with van der Waals surface area (Å²) < 4.78 is 33.0. The standard InChI is InChI=1S/C10H14BrNO3S2/c1-10(2)7-15-6-5-12(10)17(13,14)9-4-3-8(11)16-9/h3-4H,5-7H2,1-2H3. The lowest BCUT2D eigenvalue weighted by Gasteiger charge is -2.40. The second-order valence-electron chi connectivity index (χ2n) is 4.50. The van der Waals surface area contributed by atoms with Gasteiger partial charge in [0.1, 0.15) is 4.21 Å². The van der Waals surface area contributed by atoms with Crippen LogP contribution in [0.2, 0.25) is 0 Å². The van der Waals surface area contributed by atoms with Gasteiger partial charge in [0, 0.05) is 6.54 Å². The predicted octanol–water partition coefficient (Wildman–Crippen LogP) is 2.31. The van der Waals surface area contributed by atoms with E-state index in [9.17, 15) is 8.42 Å². The average molecular weight is 340 g/mol. The lowest BCUT2D eigenvalue weighted by Crippen LogP contribution is -2.55. The van der Waals surface area contributed by atoms with Gasteiger partial charge in [-0.15, -0.1) is 11.3 Å². The van der Waals surface area contributed by atoms with Crippen LogP contribution in [-0.2, 0) is 14.8 Å². The molecule has 1 saturated heterocycles. The van der Waals surface area contributed by atoms with Crippen molar-refractivity contribution >= 4 is 37.3 Å². The highest BCUT2D eigenvalue weighted by Crippen LogP contribution is 2.32. The number of halogens is 1. The molecule has 7 heteroatoms. The van der Waals surface area contributed by atoms with E-state index in [1.807, 2.05) is 13.8 Å². The Hall–Kier alpha value is 0.0500.